The lowest BCUT2D eigenvalue weighted by molar-refractivity contribution is 0.199. The zero-order chi connectivity index (χ0) is 14.2. The van der Waals surface area contributed by atoms with E-state index < -0.39 is 0 Å². The number of piperazine rings is 1. The lowest BCUT2D eigenvalue weighted by Gasteiger charge is -2.32. The zero-order valence-corrected chi connectivity index (χ0v) is 14.5. The molecule has 0 bridgehead atoms. The van der Waals surface area contributed by atoms with Crippen LogP contribution >= 0.6 is 12.4 Å². The van der Waals surface area contributed by atoms with Crippen LogP contribution < -0.4 is 5.32 Å². The van der Waals surface area contributed by atoms with Gasteiger partial charge < -0.3 is 5.32 Å². The highest BCUT2D eigenvalue weighted by Gasteiger charge is 2.23. The fourth-order valence-electron chi connectivity index (χ4n) is 2.94. The first kappa shape index (κ1) is 17.5. The van der Waals surface area contributed by atoms with Crippen LogP contribution in [-0.2, 0) is 12.1 Å². The average molecular weight is 301 g/mol. The third-order valence-electron chi connectivity index (χ3n) is 3.91. The van der Waals surface area contributed by atoms with E-state index in [0.29, 0.717) is 6.04 Å². The molecule has 0 unspecified atom stereocenters. The highest BCUT2D eigenvalue weighted by molar-refractivity contribution is 5.85. The molecule has 1 N–H and O–H groups in total. The molecule has 20 heavy (non-hydrogen) atoms. The molecule has 1 fully saturated rings. The molecule has 1 aromatic heterocycles. The van der Waals surface area contributed by atoms with Gasteiger partial charge in [-0.2, -0.15) is 5.10 Å². The Morgan fingerprint density at radius 1 is 1.30 bits per heavy atom. The summed E-state index contributed by atoms with van der Waals surface area (Å²) >= 11 is 0. The quantitative estimate of drug-likeness (QED) is 0.911. The van der Waals surface area contributed by atoms with Gasteiger partial charge in [0.05, 0.1) is 11.2 Å². The lowest BCUT2D eigenvalue weighted by Crippen LogP contribution is -2.48. The van der Waals surface area contributed by atoms with Crippen molar-refractivity contribution in [1.29, 1.82) is 0 Å². The summed E-state index contributed by atoms with van der Waals surface area (Å²) in [5, 5.41) is 8.23. The minimum Gasteiger partial charge on any atom is -0.312 e. The normalized spacial score (nSPS) is 20.8. The first-order chi connectivity index (χ1) is 8.79. The highest BCUT2D eigenvalue weighted by Crippen LogP contribution is 2.22. The number of halogens is 1. The van der Waals surface area contributed by atoms with Gasteiger partial charge in [-0.1, -0.05) is 0 Å². The van der Waals surface area contributed by atoms with Gasteiger partial charge in [-0.25, -0.2) is 0 Å². The van der Waals surface area contributed by atoms with Gasteiger partial charge in [0.15, 0.2) is 0 Å². The van der Waals surface area contributed by atoms with Gasteiger partial charge in [-0.3, -0.25) is 9.58 Å². The molecule has 0 saturated carbocycles. The minimum atomic E-state index is 0. The van der Waals surface area contributed by atoms with Gasteiger partial charge in [0.2, 0.25) is 0 Å². The van der Waals surface area contributed by atoms with Crippen LogP contribution in [0.15, 0.2) is 0 Å². The molecule has 1 aromatic rings. The van der Waals surface area contributed by atoms with Gasteiger partial charge in [-0.05, 0) is 41.5 Å². The van der Waals surface area contributed by atoms with Crippen molar-refractivity contribution in [2.75, 3.05) is 19.6 Å². The fraction of sp³-hybridized carbons (Fsp3) is 0.800. The predicted molar refractivity (Wildman–Crippen MR) is 86.7 cm³/mol. The van der Waals surface area contributed by atoms with Gasteiger partial charge in [0.25, 0.3) is 0 Å². The number of hydrogen-bond donors (Lipinski definition) is 1. The molecule has 0 radical (unpaired) electrons. The van der Waals surface area contributed by atoms with Gasteiger partial charge in [0, 0.05) is 43.5 Å². The fourth-order valence-corrected chi connectivity index (χ4v) is 2.94. The van der Waals surface area contributed by atoms with E-state index >= 15 is 0 Å². The van der Waals surface area contributed by atoms with Crippen molar-refractivity contribution in [2.24, 2.45) is 0 Å². The van der Waals surface area contributed by atoms with E-state index in [0.717, 1.165) is 26.2 Å². The molecule has 116 valence electrons. The predicted octanol–water partition coefficient (Wildman–Crippen LogP) is 2.47. The maximum atomic E-state index is 4.74. The standard InChI is InChI=1S/C15H28N4.ClH/c1-11-9-18(8-7-16-11)10-14-12(2)17-19(13(14)3)15(4,5)6;/h11,16H,7-10H2,1-6H3;1H/t11-;/m0./s1. The maximum Gasteiger partial charge on any atom is 0.0641 e. The molecule has 0 aromatic carbocycles. The van der Waals surface area contributed by atoms with E-state index in [1.807, 2.05) is 0 Å². The largest absolute Gasteiger partial charge is 0.312 e. The zero-order valence-electron chi connectivity index (χ0n) is 13.7. The number of rotatable bonds is 2. The summed E-state index contributed by atoms with van der Waals surface area (Å²) in [5.74, 6) is 0. The summed E-state index contributed by atoms with van der Waals surface area (Å²) in [7, 11) is 0. The molecule has 1 aliphatic heterocycles. The Morgan fingerprint density at radius 2 is 1.95 bits per heavy atom. The summed E-state index contributed by atoms with van der Waals surface area (Å²) in [6.07, 6.45) is 0. The Morgan fingerprint density at radius 3 is 2.45 bits per heavy atom. The van der Waals surface area contributed by atoms with Crippen LogP contribution in [0.5, 0.6) is 0 Å². The van der Waals surface area contributed by atoms with Gasteiger partial charge in [-0.15, -0.1) is 12.4 Å². The van der Waals surface area contributed by atoms with Crippen LogP contribution in [-0.4, -0.2) is 40.4 Å². The molecule has 2 heterocycles. The van der Waals surface area contributed by atoms with Crippen LogP contribution in [0.2, 0.25) is 0 Å². The second-order valence-corrected chi connectivity index (χ2v) is 6.82. The number of nitrogens with zero attached hydrogens (tertiary/aromatic N) is 3. The van der Waals surface area contributed by atoms with Gasteiger partial charge in [0.1, 0.15) is 0 Å². The molecule has 2 rings (SSSR count). The molecule has 4 nitrogen and oxygen atoms in total. The third kappa shape index (κ3) is 3.74. The van der Waals surface area contributed by atoms with Crippen molar-refractivity contribution in [3.05, 3.63) is 17.0 Å². The van der Waals surface area contributed by atoms with Crippen LogP contribution in [0.4, 0.5) is 0 Å². The second-order valence-electron chi connectivity index (χ2n) is 6.82. The first-order valence-electron chi connectivity index (χ1n) is 7.30. The summed E-state index contributed by atoms with van der Waals surface area (Å²) in [5.41, 5.74) is 3.96. The van der Waals surface area contributed by atoms with Gasteiger partial charge >= 0.3 is 0 Å². The number of aromatic nitrogens is 2. The monoisotopic (exact) mass is 300 g/mol. The molecule has 0 aliphatic carbocycles. The Balaban J connectivity index is 0.00000200. The molecular weight excluding hydrogens is 272 g/mol. The third-order valence-corrected chi connectivity index (χ3v) is 3.91. The van der Waals surface area contributed by atoms with E-state index in [9.17, 15) is 0 Å². The van der Waals surface area contributed by atoms with E-state index in [-0.39, 0.29) is 17.9 Å². The van der Waals surface area contributed by atoms with E-state index in [1.54, 1.807) is 0 Å². The van der Waals surface area contributed by atoms with E-state index in [2.05, 4.69) is 56.4 Å². The molecule has 0 spiro atoms. The van der Waals surface area contributed by atoms with Crippen molar-refractivity contribution < 1.29 is 0 Å². The maximum absolute atomic E-state index is 4.74. The van der Waals surface area contributed by atoms with E-state index in [4.69, 9.17) is 5.10 Å². The number of nitrogens with one attached hydrogen (secondary N) is 1. The van der Waals surface area contributed by atoms with Crippen LogP contribution in [0.3, 0.4) is 0 Å². The van der Waals surface area contributed by atoms with E-state index in [1.165, 1.54) is 17.0 Å². The summed E-state index contributed by atoms with van der Waals surface area (Å²) in [4.78, 5) is 2.53. The Bertz CT molecular complexity index is 447. The first-order valence-corrected chi connectivity index (χ1v) is 7.30. The SMILES string of the molecule is Cc1nn(C(C)(C)C)c(C)c1CN1CCN[C@@H](C)C1.Cl. The smallest absolute Gasteiger partial charge is 0.0641 e. The molecular formula is C15H29ClN4. The highest BCUT2D eigenvalue weighted by atomic mass is 35.5. The van der Waals surface area contributed by atoms with Crippen molar-refractivity contribution in [3.8, 4) is 0 Å². The van der Waals surface area contributed by atoms with Crippen LogP contribution in [0.25, 0.3) is 0 Å². The molecule has 1 saturated heterocycles. The summed E-state index contributed by atoms with van der Waals surface area (Å²) in [6.45, 7) is 17.6. The average Bonchev–Trinajstić information content (AvgIpc) is 2.57. The summed E-state index contributed by atoms with van der Waals surface area (Å²) in [6, 6.07) is 0.590. The Kier molecular flexibility index (Phi) is 5.64. The van der Waals surface area contributed by atoms with Crippen molar-refractivity contribution in [2.45, 2.75) is 59.7 Å². The molecule has 1 atom stereocenters. The van der Waals surface area contributed by atoms with Crippen molar-refractivity contribution >= 4 is 12.4 Å². The van der Waals surface area contributed by atoms with Crippen LogP contribution in [0.1, 0.15) is 44.6 Å². The topological polar surface area (TPSA) is 33.1 Å². The van der Waals surface area contributed by atoms with Crippen molar-refractivity contribution in [3.63, 3.8) is 0 Å². The lowest BCUT2D eigenvalue weighted by atomic mass is 10.1. The molecule has 1 aliphatic rings. The number of hydrogen-bond acceptors (Lipinski definition) is 3. The molecule has 0 amide bonds. The minimum absolute atomic E-state index is 0. The summed E-state index contributed by atoms with van der Waals surface area (Å²) < 4.78 is 2.17. The Labute approximate surface area is 129 Å². The number of aryl methyl sites for hydroxylation is 1. The van der Waals surface area contributed by atoms with Crippen molar-refractivity contribution in [1.82, 2.24) is 20.0 Å². The molecule has 5 heteroatoms. The Hall–Kier alpha value is -0.580. The second kappa shape index (κ2) is 6.46. The van der Waals surface area contributed by atoms with Crippen LogP contribution in [0, 0.1) is 13.8 Å².